The van der Waals surface area contributed by atoms with E-state index >= 15 is 0 Å². The molecule has 3 fully saturated rings. The van der Waals surface area contributed by atoms with Crippen LogP contribution >= 0.6 is 0 Å². The highest BCUT2D eigenvalue weighted by atomic mass is 16.5. The third kappa shape index (κ3) is 2.55. The number of carboxylic acids is 1. The molecule has 0 aromatic heterocycles. The summed E-state index contributed by atoms with van der Waals surface area (Å²) in [5, 5.41) is 41.8. The standard InChI is InChI=1S/C19H33NO6/c1-13-5-9-20-16(2,11-21)14(23)4-6-17(20,3)19(13)8-7-18(12-22,26-19)10-15(24)25/h13-14,21-23H,4-12H2,1-3H3,(H,24,25)/p-1/t13?,14?,16?,17-,18?,19?/m1/s1. The molecule has 0 bridgehead atoms. The van der Waals surface area contributed by atoms with Gasteiger partial charge in [0, 0.05) is 17.9 Å². The van der Waals surface area contributed by atoms with Crippen LogP contribution in [0.15, 0.2) is 0 Å². The van der Waals surface area contributed by atoms with Crippen LogP contribution in [0.4, 0.5) is 0 Å². The van der Waals surface area contributed by atoms with Gasteiger partial charge in [0.25, 0.3) is 0 Å². The summed E-state index contributed by atoms with van der Waals surface area (Å²) in [4.78, 5) is 13.4. The van der Waals surface area contributed by atoms with Crippen LogP contribution in [0.2, 0.25) is 0 Å². The number of piperidine rings is 2. The predicted octanol–water partition coefficient (Wildman–Crippen LogP) is -0.587. The van der Waals surface area contributed by atoms with Crippen LogP contribution < -0.4 is 5.11 Å². The average Bonchev–Trinajstić information content (AvgIpc) is 2.98. The molecule has 26 heavy (non-hydrogen) atoms. The molecule has 1 spiro atoms. The van der Waals surface area contributed by atoms with Crippen LogP contribution in [0.5, 0.6) is 0 Å². The summed E-state index contributed by atoms with van der Waals surface area (Å²) in [5.41, 5.74) is -2.96. The first-order valence-electron chi connectivity index (χ1n) is 9.67. The number of aliphatic hydroxyl groups excluding tert-OH is 3. The Kier molecular flexibility index (Phi) is 4.94. The fraction of sp³-hybridized carbons (Fsp3) is 0.947. The summed E-state index contributed by atoms with van der Waals surface area (Å²) in [6, 6.07) is 0. The highest BCUT2D eigenvalue weighted by Gasteiger charge is 2.68. The zero-order valence-corrected chi connectivity index (χ0v) is 16.0. The van der Waals surface area contributed by atoms with Gasteiger partial charge in [-0.1, -0.05) is 6.92 Å². The van der Waals surface area contributed by atoms with E-state index in [9.17, 15) is 25.2 Å². The maximum Gasteiger partial charge on any atom is 0.0973 e. The van der Waals surface area contributed by atoms with Crippen molar-refractivity contribution < 1.29 is 30.0 Å². The van der Waals surface area contributed by atoms with Crippen molar-refractivity contribution in [3.8, 4) is 0 Å². The SMILES string of the molecule is CC1CCN2C(C)(CO)C(O)CC[C@]2(C)C12CCC(CO)(CC(=O)[O-])O2. The van der Waals surface area contributed by atoms with Crippen LogP contribution in [0.3, 0.4) is 0 Å². The fourth-order valence-corrected chi connectivity index (χ4v) is 6.01. The molecule has 5 unspecified atom stereocenters. The van der Waals surface area contributed by atoms with Crippen LogP contribution in [0, 0.1) is 5.92 Å². The van der Waals surface area contributed by atoms with Crippen molar-refractivity contribution in [2.24, 2.45) is 5.92 Å². The Labute approximate surface area is 155 Å². The van der Waals surface area contributed by atoms with Gasteiger partial charge in [-0.3, -0.25) is 4.90 Å². The molecule has 3 aliphatic heterocycles. The van der Waals surface area contributed by atoms with Gasteiger partial charge in [-0.05, 0) is 58.4 Å². The molecule has 150 valence electrons. The van der Waals surface area contributed by atoms with E-state index in [-0.39, 0.29) is 25.6 Å². The zero-order chi connectivity index (χ0) is 19.4. The third-order valence-electron chi connectivity index (χ3n) is 7.75. The van der Waals surface area contributed by atoms with E-state index in [0.29, 0.717) is 25.7 Å². The molecule has 3 N–H and O–H groups in total. The average molecular weight is 370 g/mol. The smallest absolute Gasteiger partial charge is 0.0973 e. The van der Waals surface area contributed by atoms with Gasteiger partial charge in [0.05, 0.1) is 36.1 Å². The number of nitrogens with zero attached hydrogens (tertiary/aromatic N) is 1. The molecule has 3 saturated heterocycles. The molecule has 3 heterocycles. The summed E-state index contributed by atoms with van der Waals surface area (Å²) in [7, 11) is 0. The van der Waals surface area contributed by atoms with Crippen LogP contribution in [0.1, 0.15) is 59.3 Å². The lowest BCUT2D eigenvalue weighted by Gasteiger charge is -2.67. The predicted molar refractivity (Wildman–Crippen MR) is 92.1 cm³/mol. The van der Waals surface area contributed by atoms with E-state index < -0.39 is 34.4 Å². The van der Waals surface area contributed by atoms with Gasteiger partial charge in [-0.15, -0.1) is 0 Å². The molecule has 0 saturated carbocycles. The number of hydrogen-bond acceptors (Lipinski definition) is 7. The number of ether oxygens (including phenoxy) is 1. The number of rotatable bonds is 4. The molecule has 7 heteroatoms. The van der Waals surface area contributed by atoms with Gasteiger partial charge >= 0.3 is 0 Å². The first-order chi connectivity index (χ1) is 12.1. The van der Waals surface area contributed by atoms with E-state index in [0.717, 1.165) is 13.0 Å². The van der Waals surface area contributed by atoms with E-state index in [4.69, 9.17) is 4.74 Å². The lowest BCUT2D eigenvalue weighted by Crippen LogP contribution is -2.78. The highest BCUT2D eigenvalue weighted by Crippen LogP contribution is 2.59. The first kappa shape index (κ1) is 20.0. The summed E-state index contributed by atoms with van der Waals surface area (Å²) in [6.07, 6.45) is 2.22. The Bertz CT molecular complexity index is 572. The highest BCUT2D eigenvalue weighted by molar-refractivity contribution is 5.66. The van der Waals surface area contributed by atoms with Gasteiger partial charge in [0.1, 0.15) is 0 Å². The van der Waals surface area contributed by atoms with Crippen molar-refractivity contribution in [1.29, 1.82) is 0 Å². The minimum atomic E-state index is -1.22. The molecule has 0 aliphatic carbocycles. The van der Waals surface area contributed by atoms with Crippen molar-refractivity contribution in [1.82, 2.24) is 4.90 Å². The molecule has 6 atom stereocenters. The number of hydrogen-bond donors (Lipinski definition) is 3. The van der Waals surface area contributed by atoms with E-state index in [2.05, 4.69) is 18.7 Å². The van der Waals surface area contributed by atoms with E-state index in [1.807, 2.05) is 6.92 Å². The number of carboxylic acid groups (broad SMARTS) is 1. The van der Waals surface area contributed by atoms with Gasteiger partial charge in [0.2, 0.25) is 0 Å². The summed E-state index contributed by atoms with van der Waals surface area (Å²) in [5.74, 6) is -1.04. The van der Waals surface area contributed by atoms with Gasteiger partial charge < -0.3 is 30.0 Å². The molecule has 0 amide bonds. The maximum absolute atomic E-state index is 11.2. The van der Waals surface area contributed by atoms with E-state index in [1.165, 1.54) is 0 Å². The van der Waals surface area contributed by atoms with Gasteiger partial charge in [-0.25, -0.2) is 0 Å². The number of aliphatic hydroxyl groups is 3. The summed E-state index contributed by atoms with van der Waals surface area (Å²) in [6.45, 7) is 6.34. The Morgan fingerprint density at radius 3 is 2.46 bits per heavy atom. The second-order valence-corrected chi connectivity index (χ2v) is 9.07. The Morgan fingerprint density at radius 1 is 1.19 bits per heavy atom. The molecule has 0 aromatic carbocycles. The first-order valence-corrected chi connectivity index (χ1v) is 9.67. The van der Waals surface area contributed by atoms with Crippen molar-refractivity contribution in [3.05, 3.63) is 0 Å². The molecular weight excluding hydrogens is 338 g/mol. The number of carbonyl (C=O) groups excluding carboxylic acids is 1. The van der Waals surface area contributed by atoms with Crippen molar-refractivity contribution in [2.75, 3.05) is 19.8 Å². The molecule has 0 aromatic rings. The molecular formula is C19H32NO6-. The lowest BCUT2D eigenvalue weighted by atomic mass is 9.60. The second kappa shape index (κ2) is 6.41. The van der Waals surface area contributed by atoms with E-state index in [1.54, 1.807) is 0 Å². The van der Waals surface area contributed by atoms with Gasteiger partial charge in [0.15, 0.2) is 0 Å². The van der Waals surface area contributed by atoms with Crippen molar-refractivity contribution in [3.63, 3.8) is 0 Å². The van der Waals surface area contributed by atoms with Gasteiger partial charge in [-0.2, -0.15) is 0 Å². The van der Waals surface area contributed by atoms with Crippen molar-refractivity contribution >= 4 is 5.97 Å². The third-order valence-corrected chi connectivity index (χ3v) is 7.75. The molecule has 0 radical (unpaired) electrons. The number of carbonyl (C=O) groups is 1. The minimum absolute atomic E-state index is 0.154. The summed E-state index contributed by atoms with van der Waals surface area (Å²) < 4.78 is 6.52. The van der Waals surface area contributed by atoms with Crippen molar-refractivity contribution in [2.45, 2.75) is 87.7 Å². The largest absolute Gasteiger partial charge is 0.550 e. The van der Waals surface area contributed by atoms with Crippen LogP contribution in [0.25, 0.3) is 0 Å². The Morgan fingerprint density at radius 2 is 1.88 bits per heavy atom. The molecule has 3 rings (SSSR count). The Balaban J connectivity index is 2.02. The fourth-order valence-electron chi connectivity index (χ4n) is 6.01. The summed E-state index contributed by atoms with van der Waals surface area (Å²) >= 11 is 0. The second-order valence-electron chi connectivity index (χ2n) is 9.07. The zero-order valence-electron chi connectivity index (χ0n) is 16.0. The quantitative estimate of drug-likeness (QED) is 0.606. The maximum atomic E-state index is 11.2. The van der Waals surface area contributed by atoms with Crippen LogP contribution in [-0.2, 0) is 9.53 Å². The Hall–Kier alpha value is -0.730. The molecule has 3 aliphatic rings. The number of fused-ring (bicyclic) bond motifs is 2. The lowest BCUT2D eigenvalue weighted by molar-refractivity contribution is -0.315. The monoisotopic (exact) mass is 370 g/mol. The molecule has 7 nitrogen and oxygen atoms in total. The van der Waals surface area contributed by atoms with Crippen LogP contribution in [-0.4, -0.2) is 74.3 Å². The normalized spacial score (nSPS) is 49.3. The minimum Gasteiger partial charge on any atom is -0.550 e. The topological polar surface area (TPSA) is 113 Å². The number of aliphatic carboxylic acids is 1.